The number of pyridine rings is 1. The first-order valence-electron chi connectivity index (χ1n) is 7.78. The monoisotopic (exact) mass is 295 g/mol. The molecule has 22 heavy (non-hydrogen) atoms. The Morgan fingerprint density at radius 2 is 1.68 bits per heavy atom. The van der Waals surface area contributed by atoms with Gasteiger partial charge >= 0.3 is 0 Å². The lowest BCUT2D eigenvalue weighted by atomic mass is 10.1. The normalized spacial score (nSPS) is 15.3. The van der Waals surface area contributed by atoms with Crippen LogP contribution in [0.3, 0.4) is 0 Å². The molecule has 1 fully saturated rings. The number of hydrogen-bond donors (Lipinski definition) is 0. The van der Waals surface area contributed by atoms with Gasteiger partial charge in [-0.05, 0) is 61.1 Å². The molecule has 3 nitrogen and oxygen atoms in total. The highest BCUT2D eigenvalue weighted by Crippen LogP contribution is 2.32. The van der Waals surface area contributed by atoms with Gasteiger partial charge < -0.3 is 9.47 Å². The second-order valence-electron chi connectivity index (χ2n) is 5.55. The van der Waals surface area contributed by atoms with Crippen LogP contribution < -0.4 is 9.47 Å². The Morgan fingerprint density at radius 3 is 2.41 bits per heavy atom. The van der Waals surface area contributed by atoms with Crippen LogP contribution in [0.2, 0.25) is 0 Å². The van der Waals surface area contributed by atoms with Crippen LogP contribution >= 0.6 is 0 Å². The van der Waals surface area contributed by atoms with Crippen molar-refractivity contribution in [3.63, 3.8) is 0 Å². The third-order valence-corrected chi connectivity index (χ3v) is 3.96. The van der Waals surface area contributed by atoms with Gasteiger partial charge in [0.2, 0.25) is 0 Å². The van der Waals surface area contributed by atoms with Gasteiger partial charge in [-0.2, -0.15) is 0 Å². The molecule has 1 aliphatic rings. The molecule has 2 aromatic rings. The van der Waals surface area contributed by atoms with Crippen LogP contribution in [0.4, 0.5) is 0 Å². The van der Waals surface area contributed by atoms with Gasteiger partial charge in [0.05, 0.1) is 13.2 Å². The minimum atomic E-state index is 0.327. The number of rotatable bonds is 5. The summed E-state index contributed by atoms with van der Waals surface area (Å²) in [5.74, 6) is 1.64. The molecule has 1 aromatic heterocycles. The van der Waals surface area contributed by atoms with Gasteiger partial charge in [-0.15, -0.1) is 0 Å². The Hall–Kier alpha value is -2.29. The largest absolute Gasteiger partial charge is 0.493 e. The van der Waals surface area contributed by atoms with Crippen molar-refractivity contribution in [3.05, 3.63) is 53.9 Å². The van der Waals surface area contributed by atoms with Crippen LogP contribution in [0, 0.1) is 0 Å². The molecule has 3 heteroatoms. The Labute approximate surface area is 131 Å². The number of hydrogen-bond acceptors (Lipinski definition) is 3. The summed E-state index contributed by atoms with van der Waals surface area (Å²) in [6.45, 7) is 0. The molecule has 0 radical (unpaired) electrons. The van der Waals surface area contributed by atoms with E-state index in [1.807, 2.05) is 24.3 Å². The molecule has 114 valence electrons. The minimum absolute atomic E-state index is 0.327. The number of nitrogens with zero attached hydrogens (tertiary/aromatic N) is 1. The fraction of sp³-hybridized carbons (Fsp3) is 0.316. The predicted octanol–water partition coefficient (Wildman–Crippen LogP) is 4.58. The fourth-order valence-corrected chi connectivity index (χ4v) is 2.74. The summed E-state index contributed by atoms with van der Waals surface area (Å²) in [5.41, 5.74) is 2.23. The maximum atomic E-state index is 6.12. The zero-order valence-corrected chi connectivity index (χ0v) is 12.9. The molecule has 0 unspecified atom stereocenters. The van der Waals surface area contributed by atoms with Gasteiger partial charge in [0.25, 0.3) is 0 Å². The van der Waals surface area contributed by atoms with Gasteiger partial charge in [0.1, 0.15) is 0 Å². The Kier molecular flexibility index (Phi) is 4.74. The number of methoxy groups -OCH3 is 1. The first-order valence-corrected chi connectivity index (χ1v) is 7.78. The van der Waals surface area contributed by atoms with Gasteiger partial charge in [-0.25, -0.2) is 0 Å². The summed E-state index contributed by atoms with van der Waals surface area (Å²) in [6.07, 6.45) is 12.9. The van der Waals surface area contributed by atoms with E-state index in [9.17, 15) is 0 Å². The van der Waals surface area contributed by atoms with Gasteiger partial charge in [0, 0.05) is 12.4 Å². The molecule has 0 bridgehead atoms. The molecule has 1 aromatic carbocycles. The molecule has 3 rings (SSSR count). The molecule has 1 aliphatic carbocycles. The highest BCUT2D eigenvalue weighted by molar-refractivity contribution is 5.70. The summed E-state index contributed by atoms with van der Waals surface area (Å²) in [4.78, 5) is 4.02. The van der Waals surface area contributed by atoms with E-state index in [0.717, 1.165) is 35.5 Å². The van der Waals surface area contributed by atoms with Crippen molar-refractivity contribution in [3.8, 4) is 11.5 Å². The number of ether oxygens (including phenoxy) is 2. The zero-order chi connectivity index (χ0) is 15.2. The third kappa shape index (κ3) is 3.67. The predicted molar refractivity (Wildman–Crippen MR) is 89.0 cm³/mol. The molecule has 0 amide bonds. The van der Waals surface area contributed by atoms with Crippen molar-refractivity contribution in [1.29, 1.82) is 0 Å². The maximum absolute atomic E-state index is 6.12. The van der Waals surface area contributed by atoms with E-state index >= 15 is 0 Å². The minimum Gasteiger partial charge on any atom is -0.493 e. The highest BCUT2D eigenvalue weighted by Gasteiger charge is 2.18. The Bertz CT molecular complexity index is 631. The van der Waals surface area contributed by atoms with E-state index in [0.29, 0.717) is 6.10 Å². The van der Waals surface area contributed by atoms with Crippen LogP contribution in [0.25, 0.3) is 12.2 Å². The summed E-state index contributed by atoms with van der Waals surface area (Å²) >= 11 is 0. The van der Waals surface area contributed by atoms with Crippen LogP contribution in [-0.4, -0.2) is 18.2 Å². The first kappa shape index (κ1) is 14.6. The van der Waals surface area contributed by atoms with E-state index < -0.39 is 0 Å². The fourth-order valence-electron chi connectivity index (χ4n) is 2.74. The van der Waals surface area contributed by atoms with E-state index in [1.165, 1.54) is 12.8 Å². The first-order chi connectivity index (χ1) is 10.8. The number of benzene rings is 1. The van der Waals surface area contributed by atoms with E-state index in [4.69, 9.17) is 9.47 Å². The smallest absolute Gasteiger partial charge is 0.162 e. The maximum Gasteiger partial charge on any atom is 0.162 e. The molecule has 0 spiro atoms. The lowest BCUT2D eigenvalue weighted by molar-refractivity contribution is 0.201. The highest BCUT2D eigenvalue weighted by atomic mass is 16.5. The van der Waals surface area contributed by atoms with Crippen LogP contribution in [-0.2, 0) is 0 Å². The molecular weight excluding hydrogens is 274 g/mol. The topological polar surface area (TPSA) is 31.4 Å². The molecular formula is C19H21NO2. The molecule has 1 heterocycles. The third-order valence-electron chi connectivity index (χ3n) is 3.96. The van der Waals surface area contributed by atoms with E-state index in [2.05, 4.69) is 23.2 Å². The van der Waals surface area contributed by atoms with Crippen molar-refractivity contribution in [2.24, 2.45) is 0 Å². The second kappa shape index (κ2) is 7.12. The lowest BCUT2D eigenvalue weighted by Gasteiger charge is -2.16. The van der Waals surface area contributed by atoms with Crippen molar-refractivity contribution < 1.29 is 9.47 Å². The summed E-state index contributed by atoms with van der Waals surface area (Å²) < 4.78 is 11.5. The van der Waals surface area contributed by atoms with Gasteiger partial charge in [0.15, 0.2) is 11.5 Å². The molecule has 0 saturated heterocycles. The van der Waals surface area contributed by atoms with E-state index in [1.54, 1.807) is 19.5 Å². The average Bonchev–Trinajstić information content (AvgIpc) is 3.07. The summed E-state index contributed by atoms with van der Waals surface area (Å²) in [7, 11) is 1.68. The zero-order valence-electron chi connectivity index (χ0n) is 12.9. The van der Waals surface area contributed by atoms with Crippen molar-refractivity contribution in [2.45, 2.75) is 31.8 Å². The quantitative estimate of drug-likeness (QED) is 0.809. The van der Waals surface area contributed by atoms with Crippen molar-refractivity contribution >= 4 is 12.2 Å². The SMILES string of the molecule is COc1ccc(C=Cc2ccncc2)cc1OC1CCCC1. The second-order valence-corrected chi connectivity index (χ2v) is 5.55. The summed E-state index contributed by atoms with van der Waals surface area (Å²) in [6, 6.07) is 10.0. The molecule has 0 aliphatic heterocycles. The van der Waals surface area contributed by atoms with Crippen LogP contribution in [0.5, 0.6) is 11.5 Å². The Morgan fingerprint density at radius 1 is 0.955 bits per heavy atom. The summed E-state index contributed by atoms with van der Waals surface area (Å²) in [5, 5.41) is 0. The lowest BCUT2D eigenvalue weighted by Crippen LogP contribution is -2.11. The average molecular weight is 295 g/mol. The van der Waals surface area contributed by atoms with Gasteiger partial charge in [-0.1, -0.05) is 18.2 Å². The van der Waals surface area contributed by atoms with Crippen molar-refractivity contribution in [1.82, 2.24) is 4.98 Å². The van der Waals surface area contributed by atoms with Crippen molar-refractivity contribution in [2.75, 3.05) is 7.11 Å². The van der Waals surface area contributed by atoms with E-state index in [-0.39, 0.29) is 0 Å². The van der Waals surface area contributed by atoms with Crippen LogP contribution in [0.15, 0.2) is 42.7 Å². The Balaban J connectivity index is 1.78. The molecule has 1 saturated carbocycles. The standard InChI is InChI=1S/C19H21NO2/c1-21-18-9-8-16(7-6-15-10-12-20-13-11-15)14-19(18)22-17-4-2-3-5-17/h6-14,17H,2-5H2,1H3. The molecule has 0 atom stereocenters. The van der Waals surface area contributed by atoms with Gasteiger partial charge in [-0.3, -0.25) is 4.98 Å². The molecule has 0 N–H and O–H groups in total. The number of aromatic nitrogens is 1. The van der Waals surface area contributed by atoms with Crippen LogP contribution in [0.1, 0.15) is 36.8 Å².